The Balaban J connectivity index is 1.40. The van der Waals surface area contributed by atoms with Crippen molar-refractivity contribution in [1.29, 1.82) is 0 Å². The highest BCUT2D eigenvalue weighted by Crippen LogP contribution is 2.47. The van der Waals surface area contributed by atoms with Crippen LogP contribution in [-0.2, 0) is 10.3 Å². The lowest BCUT2D eigenvalue weighted by atomic mass is 9.73. The van der Waals surface area contributed by atoms with E-state index in [1.807, 2.05) is 30.3 Å². The molecule has 0 aromatic heterocycles. The second-order valence-electron chi connectivity index (χ2n) is 11.0. The maximum absolute atomic E-state index is 13.7. The molecule has 4 heteroatoms. The first-order valence-corrected chi connectivity index (χ1v) is 12.6. The van der Waals surface area contributed by atoms with Crippen LogP contribution in [0.25, 0.3) is 0 Å². The van der Waals surface area contributed by atoms with Gasteiger partial charge in [0, 0.05) is 6.04 Å². The van der Waals surface area contributed by atoms with Gasteiger partial charge < -0.3 is 10.2 Å². The van der Waals surface area contributed by atoms with Crippen molar-refractivity contribution >= 4 is 5.91 Å². The van der Waals surface area contributed by atoms with Crippen molar-refractivity contribution in [2.45, 2.75) is 77.3 Å². The molecule has 2 atom stereocenters. The lowest BCUT2D eigenvalue weighted by Gasteiger charge is -2.39. The van der Waals surface area contributed by atoms with Crippen molar-refractivity contribution in [3.05, 3.63) is 71.5 Å². The van der Waals surface area contributed by atoms with Gasteiger partial charge in [-0.2, -0.15) is 0 Å². The number of hydrogen-bond acceptors (Lipinski definition) is 2. The molecular formula is C29H39FN2O. The van der Waals surface area contributed by atoms with Crippen LogP contribution in [0.2, 0.25) is 0 Å². The zero-order chi connectivity index (χ0) is 23.6. The Hall–Kier alpha value is -2.20. The van der Waals surface area contributed by atoms with E-state index in [9.17, 15) is 9.18 Å². The first kappa shape index (κ1) is 23.9. The molecule has 0 spiro atoms. The SMILES string of the molecule is CC(C)C1(C(=O)NC(C)(C)c2ccccc2)CCC(N2CCC(c3ccc(F)cc3)CC2)C1. The summed E-state index contributed by atoms with van der Waals surface area (Å²) in [5.74, 6) is 0.842. The fourth-order valence-corrected chi connectivity index (χ4v) is 6.02. The summed E-state index contributed by atoms with van der Waals surface area (Å²) < 4.78 is 13.3. The van der Waals surface area contributed by atoms with E-state index in [0.717, 1.165) is 50.8 Å². The molecule has 33 heavy (non-hydrogen) atoms. The van der Waals surface area contributed by atoms with Crippen LogP contribution >= 0.6 is 0 Å². The van der Waals surface area contributed by atoms with Gasteiger partial charge in [0.15, 0.2) is 0 Å². The summed E-state index contributed by atoms with van der Waals surface area (Å²) in [5, 5.41) is 3.41. The van der Waals surface area contributed by atoms with Gasteiger partial charge in [-0.1, -0.05) is 56.3 Å². The summed E-state index contributed by atoms with van der Waals surface area (Å²) in [5.41, 5.74) is 1.67. The normalized spacial score (nSPS) is 24.8. The monoisotopic (exact) mass is 450 g/mol. The minimum Gasteiger partial charge on any atom is -0.347 e. The van der Waals surface area contributed by atoms with Gasteiger partial charge in [-0.05, 0) is 94.1 Å². The summed E-state index contributed by atoms with van der Waals surface area (Å²) in [4.78, 5) is 16.3. The van der Waals surface area contributed by atoms with Crippen molar-refractivity contribution < 1.29 is 9.18 Å². The van der Waals surface area contributed by atoms with Gasteiger partial charge in [0.25, 0.3) is 0 Å². The predicted molar refractivity (Wildman–Crippen MR) is 132 cm³/mol. The van der Waals surface area contributed by atoms with E-state index < -0.39 is 5.54 Å². The highest BCUT2D eigenvalue weighted by molar-refractivity contribution is 5.84. The largest absolute Gasteiger partial charge is 0.347 e. The standard InChI is InChI=1S/C29H39FN2O/c1-21(2)29(27(33)31-28(3,4)24-8-6-5-7-9-24)17-14-26(20-29)32-18-15-23(16-19-32)22-10-12-25(30)13-11-22/h5-13,21,23,26H,14-20H2,1-4H3,(H,31,33). The number of hydrogen-bond donors (Lipinski definition) is 1. The van der Waals surface area contributed by atoms with Crippen LogP contribution in [0.3, 0.4) is 0 Å². The predicted octanol–water partition coefficient (Wildman–Crippen LogP) is 6.25. The minimum atomic E-state index is -0.397. The number of piperidine rings is 1. The Labute approximate surface area is 198 Å². The molecule has 2 fully saturated rings. The number of likely N-dealkylation sites (tertiary alicyclic amines) is 1. The molecule has 4 rings (SSSR count). The van der Waals surface area contributed by atoms with Crippen LogP contribution in [0.4, 0.5) is 4.39 Å². The van der Waals surface area contributed by atoms with E-state index in [2.05, 4.69) is 50.0 Å². The van der Waals surface area contributed by atoms with Crippen molar-refractivity contribution in [3.8, 4) is 0 Å². The Morgan fingerprint density at radius 2 is 1.67 bits per heavy atom. The average molecular weight is 451 g/mol. The molecule has 0 bridgehead atoms. The van der Waals surface area contributed by atoms with Gasteiger partial charge >= 0.3 is 0 Å². The number of rotatable bonds is 6. The summed E-state index contributed by atoms with van der Waals surface area (Å²) in [6.45, 7) is 10.7. The topological polar surface area (TPSA) is 32.3 Å². The molecule has 0 radical (unpaired) electrons. The molecule has 178 valence electrons. The highest BCUT2D eigenvalue weighted by Gasteiger charge is 2.50. The Morgan fingerprint density at radius 3 is 2.27 bits per heavy atom. The van der Waals surface area contributed by atoms with E-state index in [4.69, 9.17) is 0 Å². The Morgan fingerprint density at radius 1 is 1.03 bits per heavy atom. The first-order valence-electron chi connectivity index (χ1n) is 12.6. The Bertz CT molecular complexity index is 932. The van der Waals surface area contributed by atoms with Crippen molar-refractivity contribution in [2.24, 2.45) is 11.3 Å². The van der Waals surface area contributed by atoms with Crippen LogP contribution in [0.15, 0.2) is 54.6 Å². The van der Waals surface area contributed by atoms with E-state index in [-0.39, 0.29) is 17.1 Å². The molecule has 1 heterocycles. The van der Waals surface area contributed by atoms with E-state index in [0.29, 0.717) is 17.9 Å². The maximum Gasteiger partial charge on any atom is 0.227 e. The molecule has 1 saturated heterocycles. The molecule has 1 aliphatic carbocycles. The number of carbonyl (C=O) groups is 1. The minimum absolute atomic E-state index is 0.166. The van der Waals surface area contributed by atoms with E-state index >= 15 is 0 Å². The molecular weight excluding hydrogens is 411 g/mol. The molecule has 2 unspecified atom stereocenters. The number of carbonyl (C=O) groups excluding carboxylic acids is 1. The van der Waals surface area contributed by atoms with Gasteiger partial charge in [0.1, 0.15) is 5.82 Å². The van der Waals surface area contributed by atoms with E-state index in [1.165, 1.54) is 5.56 Å². The summed E-state index contributed by atoms with van der Waals surface area (Å²) in [6, 6.07) is 17.7. The first-order chi connectivity index (χ1) is 15.7. The van der Waals surface area contributed by atoms with Crippen LogP contribution in [0.1, 0.15) is 76.8 Å². The molecule has 1 N–H and O–H groups in total. The number of benzene rings is 2. The maximum atomic E-state index is 13.7. The van der Waals surface area contributed by atoms with Crippen LogP contribution < -0.4 is 5.32 Å². The number of halogens is 1. The van der Waals surface area contributed by atoms with Gasteiger partial charge in [-0.3, -0.25) is 4.79 Å². The molecule has 1 aliphatic heterocycles. The zero-order valence-electron chi connectivity index (χ0n) is 20.6. The van der Waals surface area contributed by atoms with Gasteiger partial charge in [-0.15, -0.1) is 0 Å². The summed E-state index contributed by atoms with van der Waals surface area (Å²) >= 11 is 0. The van der Waals surface area contributed by atoms with Gasteiger partial charge in [0.2, 0.25) is 5.91 Å². The molecule has 2 aromatic carbocycles. The van der Waals surface area contributed by atoms with Crippen molar-refractivity contribution in [1.82, 2.24) is 10.2 Å². The third-order valence-electron chi connectivity index (χ3n) is 8.39. The van der Waals surface area contributed by atoms with Gasteiger partial charge in [-0.25, -0.2) is 4.39 Å². The quantitative estimate of drug-likeness (QED) is 0.564. The van der Waals surface area contributed by atoms with Crippen LogP contribution in [-0.4, -0.2) is 29.9 Å². The van der Waals surface area contributed by atoms with Gasteiger partial charge in [0.05, 0.1) is 11.0 Å². The number of nitrogens with zero attached hydrogens (tertiary/aromatic N) is 1. The summed E-state index contributed by atoms with van der Waals surface area (Å²) in [7, 11) is 0. The molecule has 1 amide bonds. The van der Waals surface area contributed by atoms with Crippen molar-refractivity contribution in [2.75, 3.05) is 13.1 Å². The van der Waals surface area contributed by atoms with Crippen LogP contribution in [0.5, 0.6) is 0 Å². The smallest absolute Gasteiger partial charge is 0.227 e. The third kappa shape index (κ3) is 5.01. The lowest BCUT2D eigenvalue weighted by Crippen LogP contribution is -2.51. The fraction of sp³-hybridized carbons (Fsp3) is 0.552. The van der Waals surface area contributed by atoms with E-state index in [1.54, 1.807) is 12.1 Å². The molecule has 1 saturated carbocycles. The zero-order valence-corrected chi connectivity index (χ0v) is 20.6. The number of nitrogens with one attached hydrogen (secondary N) is 1. The number of amides is 1. The molecule has 2 aromatic rings. The fourth-order valence-electron chi connectivity index (χ4n) is 6.02. The van der Waals surface area contributed by atoms with Crippen LogP contribution in [0, 0.1) is 17.2 Å². The highest BCUT2D eigenvalue weighted by atomic mass is 19.1. The molecule has 2 aliphatic rings. The second-order valence-corrected chi connectivity index (χ2v) is 11.0. The van der Waals surface area contributed by atoms with Crippen molar-refractivity contribution in [3.63, 3.8) is 0 Å². The summed E-state index contributed by atoms with van der Waals surface area (Å²) in [6.07, 6.45) is 5.17. The average Bonchev–Trinajstić information content (AvgIpc) is 3.27. The lowest BCUT2D eigenvalue weighted by molar-refractivity contribution is -0.135. The third-order valence-corrected chi connectivity index (χ3v) is 8.39. The molecule has 3 nitrogen and oxygen atoms in total. The second kappa shape index (κ2) is 9.58. The Kier molecular flexibility index (Phi) is 6.95.